The number of para-hydroxylation sites is 12. The summed E-state index contributed by atoms with van der Waals surface area (Å²) < 4.78 is 12.1. The average molecular weight is 931 g/mol. The van der Waals surface area contributed by atoms with Gasteiger partial charge in [-0.3, -0.25) is 8.97 Å². The van der Waals surface area contributed by atoms with Crippen molar-refractivity contribution in [3.8, 4) is 45.0 Å². The number of benzene rings is 11. The Morgan fingerprint density at radius 3 is 1.16 bits per heavy atom. The maximum Gasteiger partial charge on any atom is 0.220 e. The molecule has 16 aromatic rings. The van der Waals surface area contributed by atoms with Crippen molar-refractivity contribution in [2.45, 2.75) is 0 Å². The SMILES string of the molecule is c1ccc(-n2c3ccccc3c3ccccc32)c(-c2cccc(-c3ccccc3-n3c4ccccc4c4cc(-n5c6ccccc6n6c7ccccc7nc56)ccc43)c2-n2c3ccccc3c3ccccc32)c1. The number of nitrogens with zero attached hydrogens (tertiary/aromatic N) is 6. The maximum absolute atomic E-state index is 5.23. The van der Waals surface area contributed by atoms with Crippen LogP contribution >= 0.6 is 0 Å². The second-order valence-corrected chi connectivity index (χ2v) is 19.1. The highest BCUT2D eigenvalue weighted by Crippen LogP contribution is 2.46. The standard InChI is InChI=1S/C67H42N6/c1-9-30-55-44(20-1)45-21-2-10-31-56(45)70(55)57-32-11-5-24-48(57)51-27-19-28-52(66(51)72-60-35-14-3-22-46(60)47-23-4-15-36-61(47)72)49-25-6-12-33-58(49)71-59-34-13-7-26-50(59)53-42-43(40-41-62(53)71)69-64-38-17-18-39-65(64)73-63-37-16-8-29-54(63)68-67(69)73/h1-42H. The van der Waals surface area contributed by atoms with Crippen LogP contribution in [0.1, 0.15) is 0 Å². The molecule has 0 aliphatic carbocycles. The van der Waals surface area contributed by atoms with Crippen LogP contribution in [-0.2, 0) is 0 Å². The molecule has 11 aromatic carbocycles. The topological polar surface area (TPSA) is 37.0 Å². The van der Waals surface area contributed by atoms with Gasteiger partial charge in [0.05, 0.1) is 72.2 Å². The van der Waals surface area contributed by atoms with E-state index >= 15 is 0 Å². The largest absolute Gasteiger partial charge is 0.309 e. The number of fused-ring (bicyclic) bond motifs is 14. The van der Waals surface area contributed by atoms with Gasteiger partial charge < -0.3 is 13.7 Å². The molecular formula is C67H42N6. The molecule has 0 bridgehead atoms. The molecule has 5 heterocycles. The number of rotatable bonds is 6. The Hall–Kier alpha value is -9.91. The monoisotopic (exact) mass is 930 g/mol. The zero-order valence-electron chi connectivity index (χ0n) is 39.4. The van der Waals surface area contributed by atoms with E-state index in [2.05, 4.69) is 277 Å². The summed E-state index contributed by atoms with van der Waals surface area (Å²) in [4.78, 5) is 5.23. The lowest BCUT2D eigenvalue weighted by atomic mass is 9.93. The molecule has 6 nitrogen and oxygen atoms in total. The lowest BCUT2D eigenvalue weighted by molar-refractivity contribution is 1.11. The third kappa shape index (κ3) is 5.60. The summed E-state index contributed by atoms with van der Waals surface area (Å²) in [5.74, 6) is 0.896. The van der Waals surface area contributed by atoms with Gasteiger partial charge in [-0.25, -0.2) is 4.98 Å². The Balaban J connectivity index is 0.977. The van der Waals surface area contributed by atoms with Crippen LogP contribution in [0, 0.1) is 0 Å². The molecule has 0 amide bonds. The van der Waals surface area contributed by atoms with Crippen LogP contribution in [0.5, 0.6) is 0 Å². The summed E-state index contributed by atoms with van der Waals surface area (Å²) in [6.07, 6.45) is 0. The van der Waals surface area contributed by atoms with Crippen LogP contribution in [0.4, 0.5) is 0 Å². The Morgan fingerprint density at radius 1 is 0.247 bits per heavy atom. The average Bonchev–Trinajstić information content (AvgIpc) is 4.25. The van der Waals surface area contributed by atoms with E-state index in [0.29, 0.717) is 0 Å². The summed E-state index contributed by atoms with van der Waals surface area (Å²) >= 11 is 0. The van der Waals surface area contributed by atoms with Crippen LogP contribution in [0.25, 0.3) is 138 Å². The van der Waals surface area contributed by atoms with Crippen molar-refractivity contribution in [2.24, 2.45) is 0 Å². The van der Waals surface area contributed by atoms with Crippen LogP contribution < -0.4 is 0 Å². The number of hydrogen-bond acceptors (Lipinski definition) is 1. The van der Waals surface area contributed by atoms with E-state index in [-0.39, 0.29) is 0 Å². The summed E-state index contributed by atoms with van der Waals surface area (Å²) in [5.41, 5.74) is 20.2. The third-order valence-electron chi connectivity index (χ3n) is 15.3. The Kier molecular flexibility index (Phi) is 8.36. The number of imidazole rings is 2. The fraction of sp³-hybridized carbons (Fsp3) is 0. The molecule has 0 aliphatic rings. The zero-order chi connectivity index (χ0) is 47.7. The molecular weight excluding hydrogens is 889 g/mol. The third-order valence-corrected chi connectivity index (χ3v) is 15.3. The van der Waals surface area contributed by atoms with Gasteiger partial charge >= 0.3 is 0 Å². The van der Waals surface area contributed by atoms with Gasteiger partial charge in [0, 0.05) is 60.3 Å². The van der Waals surface area contributed by atoms with Crippen molar-refractivity contribution in [1.29, 1.82) is 0 Å². The lowest BCUT2D eigenvalue weighted by Crippen LogP contribution is -2.05. The Morgan fingerprint density at radius 2 is 0.630 bits per heavy atom. The number of aromatic nitrogens is 6. The van der Waals surface area contributed by atoms with Crippen LogP contribution in [0.15, 0.2) is 255 Å². The van der Waals surface area contributed by atoms with Crippen molar-refractivity contribution in [3.05, 3.63) is 255 Å². The summed E-state index contributed by atoms with van der Waals surface area (Å²) in [7, 11) is 0. The summed E-state index contributed by atoms with van der Waals surface area (Å²) in [6.45, 7) is 0. The minimum absolute atomic E-state index is 0.896. The van der Waals surface area contributed by atoms with E-state index in [4.69, 9.17) is 4.98 Å². The van der Waals surface area contributed by atoms with E-state index in [1.54, 1.807) is 0 Å². The molecule has 0 saturated carbocycles. The van der Waals surface area contributed by atoms with Crippen molar-refractivity contribution in [3.63, 3.8) is 0 Å². The van der Waals surface area contributed by atoms with Gasteiger partial charge in [0.2, 0.25) is 5.78 Å². The fourth-order valence-electron chi connectivity index (χ4n) is 12.3. The van der Waals surface area contributed by atoms with Crippen molar-refractivity contribution >= 4 is 93.3 Å². The molecule has 0 spiro atoms. The molecule has 0 N–H and O–H groups in total. The molecule has 6 heteroatoms. The minimum atomic E-state index is 0.896. The molecule has 73 heavy (non-hydrogen) atoms. The van der Waals surface area contributed by atoms with Gasteiger partial charge in [0.15, 0.2) is 0 Å². The molecule has 0 unspecified atom stereocenters. The predicted molar refractivity (Wildman–Crippen MR) is 303 cm³/mol. The Bertz CT molecular complexity index is 4830. The van der Waals surface area contributed by atoms with Gasteiger partial charge in [-0.2, -0.15) is 0 Å². The van der Waals surface area contributed by atoms with E-state index in [9.17, 15) is 0 Å². The van der Waals surface area contributed by atoms with Crippen LogP contribution in [0.3, 0.4) is 0 Å². The van der Waals surface area contributed by atoms with E-state index < -0.39 is 0 Å². The van der Waals surface area contributed by atoms with E-state index in [1.165, 1.54) is 43.4 Å². The van der Waals surface area contributed by atoms with Gasteiger partial charge in [-0.05, 0) is 84.9 Å². The van der Waals surface area contributed by atoms with Crippen LogP contribution in [0.2, 0.25) is 0 Å². The van der Waals surface area contributed by atoms with Crippen molar-refractivity contribution < 1.29 is 0 Å². The first-order valence-corrected chi connectivity index (χ1v) is 25.0. The van der Waals surface area contributed by atoms with Gasteiger partial charge in [0.1, 0.15) is 0 Å². The second-order valence-electron chi connectivity index (χ2n) is 19.1. The molecule has 0 saturated heterocycles. The molecule has 0 atom stereocenters. The molecule has 5 aromatic heterocycles. The smallest absolute Gasteiger partial charge is 0.220 e. The first-order valence-electron chi connectivity index (χ1n) is 25.0. The quantitative estimate of drug-likeness (QED) is 0.164. The first kappa shape index (κ1) is 39.9. The normalized spacial score (nSPS) is 12.1. The molecule has 340 valence electrons. The predicted octanol–water partition coefficient (Wildman–Crippen LogP) is 17.1. The second kappa shape index (κ2) is 15.3. The van der Waals surface area contributed by atoms with Crippen LogP contribution in [-0.4, -0.2) is 27.7 Å². The van der Waals surface area contributed by atoms with Gasteiger partial charge in [-0.1, -0.05) is 170 Å². The minimum Gasteiger partial charge on any atom is -0.309 e. The molecule has 0 radical (unpaired) electrons. The fourth-order valence-corrected chi connectivity index (χ4v) is 12.3. The summed E-state index contributed by atoms with van der Waals surface area (Å²) in [6, 6.07) is 93.0. The van der Waals surface area contributed by atoms with E-state index in [0.717, 1.165) is 94.9 Å². The zero-order valence-corrected chi connectivity index (χ0v) is 39.4. The molecule has 0 fully saturated rings. The van der Waals surface area contributed by atoms with Crippen molar-refractivity contribution in [2.75, 3.05) is 0 Å². The Labute approximate surface area is 418 Å². The maximum atomic E-state index is 5.23. The van der Waals surface area contributed by atoms with Gasteiger partial charge in [0.25, 0.3) is 0 Å². The van der Waals surface area contributed by atoms with E-state index in [1.807, 2.05) is 0 Å². The number of hydrogen-bond donors (Lipinski definition) is 0. The first-order chi connectivity index (χ1) is 36.3. The highest BCUT2D eigenvalue weighted by molar-refractivity contribution is 6.14. The highest BCUT2D eigenvalue weighted by atomic mass is 15.2. The lowest BCUT2D eigenvalue weighted by Gasteiger charge is -2.23. The van der Waals surface area contributed by atoms with Gasteiger partial charge in [-0.15, -0.1) is 0 Å². The molecule has 16 rings (SSSR count). The highest BCUT2D eigenvalue weighted by Gasteiger charge is 2.26. The van der Waals surface area contributed by atoms with Crippen molar-refractivity contribution in [1.82, 2.24) is 27.7 Å². The summed E-state index contributed by atoms with van der Waals surface area (Å²) in [5, 5.41) is 7.27. The molecule has 0 aliphatic heterocycles.